The second kappa shape index (κ2) is 15.5. The number of rotatable bonds is 17. The normalized spacial score (nSPS) is 10.5. The summed E-state index contributed by atoms with van der Waals surface area (Å²) in [4.78, 5) is 22.6. The standard InChI is InChI=1S/C22H36N2O5/c1-2-3-4-5-6-7-8-9-10-11-14-23-21(26)17-29-20-13-12-18(25)15-19(20)24-16-22(27)28/h12-13,15,24-25H,2-11,14,16-17H2,1H3,(H,23,26)(H,27,28). The lowest BCUT2D eigenvalue weighted by molar-refractivity contribution is -0.135. The van der Waals surface area contributed by atoms with Crippen molar-refractivity contribution in [3.8, 4) is 11.5 Å². The predicted octanol–water partition coefficient (Wildman–Crippen LogP) is 4.30. The zero-order valence-electron chi connectivity index (χ0n) is 17.5. The summed E-state index contributed by atoms with van der Waals surface area (Å²) in [5.41, 5.74) is 0.329. The Morgan fingerprint density at radius 2 is 1.59 bits per heavy atom. The number of unbranched alkanes of at least 4 members (excludes halogenated alkanes) is 9. The molecule has 0 saturated carbocycles. The van der Waals surface area contributed by atoms with Crippen LogP contribution in [0.5, 0.6) is 11.5 Å². The SMILES string of the molecule is CCCCCCCCCCCCNC(=O)COc1ccc(O)cc1NCC(=O)O. The average Bonchev–Trinajstić information content (AvgIpc) is 2.69. The first-order chi connectivity index (χ1) is 14.0. The highest BCUT2D eigenvalue weighted by molar-refractivity contribution is 5.78. The van der Waals surface area contributed by atoms with Crippen LogP contribution in [0.25, 0.3) is 0 Å². The van der Waals surface area contributed by atoms with Gasteiger partial charge in [0.2, 0.25) is 0 Å². The van der Waals surface area contributed by atoms with Crippen LogP contribution in [0.4, 0.5) is 5.69 Å². The molecule has 0 heterocycles. The van der Waals surface area contributed by atoms with Gasteiger partial charge in [0, 0.05) is 12.6 Å². The van der Waals surface area contributed by atoms with E-state index < -0.39 is 5.97 Å². The molecule has 4 N–H and O–H groups in total. The number of carbonyl (C=O) groups is 2. The molecular formula is C22H36N2O5. The first-order valence-electron chi connectivity index (χ1n) is 10.7. The van der Waals surface area contributed by atoms with Crippen molar-refractivity contribution in [3.63, 3.8) is 0 Å². The Balaban J connectivity index is 2.13. The van der Waals surface area contributed by atoms with E-state index in [4.69, 9.17) is 9.84 Å². The van der Waals surface area contributed by atoms with E-state index in [1.807, 2.05) is 0 Å². The molecule has 1 aromatic carbocycles. The Bertz CT molecular complexity index is 607. The van der Waals surface area contributed by atoms with Crippen molar-refractivity contribution in [2.24, 2.45) is 0 Å². The summed E-state index contributed by atoms with van der Waals surface area (Å²) in [6, 6.07) is 4.28. The maximum absolute atomic E-state index is 11.9. The molecule has 0 saturated heterocycles. The number of carboxylic acid groups (broad SMARTS) is 1. The molecule has 1 aromatic rings. The number of phenolic OH excluding ortho intramolecular Hbond substituents is 1. The third-order valence-electron chi connectivity index (χ3n) is 4.60. The van der Waals surface area contributed by atoms with Gasteiger partial charge < -0.3 is 25.6 Å². The highest BCUT2D eigenvalue weighted by Gasteiger charge is 2.09. The molecule has 0 spiro atoms. The summed E-state index contributed by atoms with van der Waals surface area (Å²) < 4.78 is 5.46. The van der Waals surface area contributed by atoms with Crippen molar-refractivity contribution in [2.75, 3.05) is 25.0 Å². The number of ether oxygens (including phenoxy) is 1. The molecule has 1 rings (SSSR count). The van der Waals surface area contributed by atoms with E-state index in [-0.39, 0.29) is 24.8 Å². The molecule has 0 unspecified atom stereocenters. The lowest BCUT2D eigenvalue weighted by Crippen LogP contribution is -2.29. The van der Waals surface area contributed by atoms with Gasteiger partial charge in [-0.3, -0.25) is 9.59 Å². The fourth-order valence-corrected chi connectivity index (χ4v) is 2.99. The van der Waals surface area contributed by atoms with Crippen LogP contribution < -0.4 is 15.4 Å². The second-order valence-electron chi connectivity index (χ2n) is 7.25. The number of benzene rings is 1. The quantitative estimate of drug-likeness (QED) is 0.286. The molecule has 7 nitrogen and oxygen atoms in total. The van der Waals surface area contributed by atoms with Crippen LogP contribution in [0.2, 0.25) is 0 Å². The third-order valence-corrected chi connectivity index (χ3v) is 4.60. The number of carboxylic acids is 1. The Kier molecular flexibility index (Phi) is 13.1. The summed E-state index contributed by atoms with van der Waals surface area (Å²) in [6.45, 7) is 2.38. The average molecular weight is 409 g/mol. The van der Waals surface area contributed by atoms with E-state index in [0.717, 1.165) is 12.8 Å². The Morgan fingerprint density at radius 3 is 2.21 bits per heavy atom. The predicted molar refractivity (Wildman–Crippen MR) is 115 cm³/mol. The van der Waals surface area contributed by atoms with E-state index in [9.17, 15) is 14.7 Å². The van der Waals surface area contributed by atoms with Crippen molar-refractivity contribution in [3.05, 3.63) is 18.2 Å². The summed E-state index contributed by atoms with van der Waals surface area (Å²) in [6.07, 6.45) is 12.5. The molecular weight excluding hydrogens is 372 g/mol. The fourth-order valence-electron chi connectivity index (χ4n) is 2.99. The molecule has 0 fully saturated rings. The van der Waals surface area contributed by atoms with Crippen LogP contribution in [0.1, 0.15) is 71.1 Å². The van der Waals surface area contributed by atoms with Gasteiger partial charge in [0.25, 0.3) is 5.91 Å². The molecule has 0 atom stereocenters. The topological polar surface area (TPSA) is 108 Å². The first kappa shape index (κ1) is 24.6. The smallest absolute Gasteiger partial charge is 0.322 e. The van der Waals surface area contributed by atoms with Gasteiger partial charge in [-0.1, -0.05) is 64.7 Å². The molecule has 0 aliphatic carbocycles. The molecule has 0 aliphatic rings. The maximum Gasteiger partial charge on any atom is 0.322 e. The number of amides is 1. The van der Waals surface area contributed by atoms with Crippen molar-refractivity contribution < 1.29 is 24.5 Å². The van der Waals surface area contributed by atoms with Crippen LogP contribution in [-0.4, -0.2) is 41.8 Å². The third kappa shape index (κ3) is 12.6. The zero-order valence-corrected chi connectivity index (χ0v) is 17.5. The van der Waals surface area contributed by atoms with Crippen molar-refractivity contribution in [2.45, 2.75) is 71.1 Å². The van der Waals surface area contributed by atoms with Crippen molar-refractivity contribution >= 4 is 17.6 Å². The van der Waals surface area contributed by atoms with Crippen LogP contribution >= 0.6 is 0 Å². The van der Waals surface area contributed by atoms with Gasteiger partial charge in [0.1, 0.15) is 18.0 Å². The van der Waals surface area contributed by atoms with E-state index in [2.05, 4.69) is 17.6 Å². The second-order valence-corrected chi connectivity index (χ2v) is 7.25. The summed E-state index contributed by atoms with van der Waals surface area (Å²) in [5, 5.41) is 23.8. The number of anilines is 1. The summed E-state index contributed by atoms with van der Waals surface area (Å²) >= 11 is 0. The van der Waals surface area contributed by atoms with Gasteiger partial charge in [-0.05, 0) is 18.6 Å². The number of aromatic hydroxyl groups is 1. The van der Waals surface area contributed by atoms with E-state index in [1.54, 1.807) is 0 Å². The monoisotopic (exact) mass is 408 g/mol. The number of carbonyl (C=O) groups excluding carboxylic acids is 1. The molecule has 0 aromatic heterocycles. The first-order valence-corrected chi connectivity index (χ1v) is 10.7. The molecule has 7 heteroatoms. The Morgan fingerprint density at radius 1 is 0.966 bits per heavy atom. The summed E-state index contributed by atoms with van der Waals surface area (Å²) in [7, 11) is 0. The van der Waals surface area contributed by atoms with Gasteiger partial charge >= 0.3 is 5.97 Å². The van der Waals surface area contributed by atoms with E-state index in [0.29, 0.717) is 18.0 Å². The lowest BCUT2D eigenvalue weighted by atomic mass is 10.1. The van der Waals surface area contributed by atoms with Gasteiger partial charge in [0.15, 0.2) is 6.61 Å². The maximum atomic E-state index is 11.9. The van der Waals surface area contributed by atoms with Crippen LogP contribution in [0.15, 0.2) is 18.2 Å². The Labute approximate surface area is 173 Å². The van der Waals surface area contributed by atoms with Crippen molar-refractivity contribution in [1.29, 1.82) is 0 Å². The van der Waals surface area contributed by atoms with Gasteiger partial charge in [-0.15, -0.1) is 0 Å². The lowest BCUT2D eigenvalue weighted by Gasteiger charge is -2.13. The van der Waals surface area contributed by atoms with Crippen LogP contribution in [0, 0.1) is 0 Å². The molecule has 0 bridgehead atoms. The van der Waals surface area contributed by atoms with Crippen LogP contribution in [-0.2, 0) is 9.59 Å². The molecule has 1 amide bonds. The minimum absolute atomic E-state index is 0.0179. The highest BCUT2D eigenvalue weighted by atomic mass is 16.5. The number of aliphatic carboxylic acids is 1. The minimum Gasteiger partial charge on any atom is -0.508 e. The highest BCUT2D eigenvalue weighted by Crippen LogP contribution is 2.28. The van der Waals surface area contributed by atoms with Gasteiger partial charge in [-0.25, -0.2) is 0 Å². The summed E-state index contributed by atoms with van der Waals surface area (Å²) in [5.74, 6) is -0.958. The largest absolute Gasteiger partial charge is 0.508 e. The van der Waals surface area contributed by atoms with Gasteiger partial charge in [0.05, 0.1) is 5.69 Å². The fraction of sp³-hybridized carbons (Fsp3) is 0.636. The number of phenols is 1. The molecule has 0 aliphatic heterocycles. The number of nitrogens with one attached hydrogen (secondary N) is 2. The van der Waals surface area contributed by atoms with E-state index in [1.165, 1.54) is 69.6 Å². The zero-order chi connectivity index (χ0) is 21.3. The number of hydrogen-bond donors (Lipinski definition) is 4. The molecule has 29 heavy (non-hydrogen) atoms. The van der Waals surface area contributed by atoms with Crippen molar-refractivity contribution in [1.82, 2.24) is 5.32 Å². The molecule has 164 valence electrons. The molecule has 0 radical (unpaired) electrons. The number of hydrogen-bond acceptors (Lipinski definition) is 5. The minimum atomic E-state index is -1.03. The van der Waals surface area contributed by atoms with Crippen LogP contribution in [0.3, 0.4) is 0 Å². The van der Waals surface area contributed by atoms with E-state index >= 15 is 0 Å². The Hall–Kier alpha value is -2.44. The van der Waals surface area contributed by atoms with Gasteiger partial charge in [-0.2, -0.15) is 0 Å².